The topological polar surface area (TPSA) is 41.6 Å². The van der Waals surface area contributed by atoms with Crippen molar-refractivity contribution < 1.29 is 9.53 Å². The van der Waals surface area contributed by atoms with Gasteiger partial charge in [0.05, 0.1) is 13.0 Å². The Kier molecular flexibility index (Phi) is 4.54. The van der Waals surface area contributed by atoms with Crippen molar-refractivity contribution in [1.29, 1.82) is 0 Å². The molecule has 1 saturated heterocycles. The van der Waals surface area contributed by atoms with Crippen LogP contribution in [0.15, 0.2) is 0 Å². The molecule has 1 aliphatic rings. The highest BCUT2D eigenvalue weighted by molar-refractivity contribution is 5.73. The molecule has 15 heavy (non-hydrogen) atoms. The van der Waals surface area contributed by atoms with E-state index >= 15 is 0 Å². The number of methoxy groups -OCH3 is 1. The fourth-order valence-electron chi connectivity index (χ4n) is 2.15. The zero-order chi connectivity index (χ0) is 11.4. The number of nitrogens with one attached hydrogen (secondary N) is 1. The van der Waals surface area contributed by atoms with E-state index in [2.05, 4.69) is 31.1 Å². The fraction of sp³-hybridized carbons (Fsp3) is 0.909. The van der Waals surface area contributed by atoms with E-state index in [1.165, 1.54) is 7.11 Å². The van der Waals surface area contributed by atoms with E-state index in [4.69, 9.17) is 4.74 Å². The first-order valence-corrected chi connectivity index (χ1v) is 5.57. The highest BCUT2D eigenvalue weighted by atomic mass is 16.5. The normalized spacial score (nSPS) is 28.1. The summed E-state index contributed by atoms with van der Waals surface area (Å²) in [6.07, 6.45) is 0.883. The molecule has 2 unspecified atom stereocenters. The van der Waals surface area contributed by atoms with Crippen molar-refractivity contribution in [3.63, 3.8) is 0 Å². The summed E-state index contributed by atoms with van der Waals surface area (Å²) in [7, 11) is 3.55. The van der Waals surface area contributed by atoms with Crippen molar-refractivity contribution in [2.45, 2.75) is 32.4 Å². The van der Waals surface area contributed by atoms with E-state index < -0.39 is 0 Å². The number of piperidine rings is 1. The quantitative estimate of drug-likeness (QED) is 0.694. The van der Waals surface area contributed by atoms with Crippen LogP contribution in [0.25, 0.3) is 0 Å². The van der Waals surface area contributed by atoms with Gasteiger partial charge in [0.25, 0.3) is 0 Å². The van der Waals surface area contributed by atoms with Crippen LogP contribution < -0.4 is 5.32 Å². The van der Waals surface area contributed by atoms with Gasteiger partial charge in [-0.15, -0.1) is 0 Å². The fourth-order valence-corrected chi connectivity index (χ4v) is 2.15. The van der Waals surface area contributed by atoms with Crippen molar-refractivity contribution in [2.24, 2.45) is 5.92 Å². The monoisotopic (exact) mass is 214 g/mol. The van der Waals surface area contributed by atoms with Crippen LogP contribution in [0.2, 0.25) is 0 Å². The van der Waals surface area contributed by atoms with Crippen LogP contribution in [-0.2, 0) is 9.53 Å². The van der Waals surface area contributed by atoms with Gasteiger partial charge in [0.15, 0.2) is 0 Å². The van der Waals surface area contributed by atoms with Gasteiger partial charge in [0.1, 0.15) is 0 Å². The standard InChI is InChI=1S/C11H22N2O2/c1-8(2)12-10-7-13(3)6-5-9(10)11(14)15-4/h8-10,12H,5-7H2,1-4H3. The summed E-state index contributed by atoms with van der Waals surface area (Å²) in [5.74, 6) is -0.0742. The lowest BCUT2D eigenvalue weighted by Crippen LogP contribution is -2.54. The number of hydrogen-bond acceptors (Lipinski definition) is 4. The van der Waals surface area contributed by atoms with Crippen molar-refractivity contribution in [2.75, 3.05) is 27.2 Å². The average molecular weight is 214 g/mol. The van der Waals surface area contributed by atoms with Crippen LogP contribution in [0.1, 0.15) is 20.3 Å². The second-order valence-corrected chi connectivity index (χ2v) is 4.61. The van der Waals surface area contributed by atoms with Gasteiger partial charge in [-0.3, -0.25) is 4.79 Å². The van der Waals surface area contributed by atoms with E-state index in [-0.39, 0.29) is 17.9 Å². The number of esters is 1. The molecule has 0 radical (unpaired) electrons. The summed E-state index contributed by atoms with van der Waals surface area (Å²) in [5, 5.41) is 3.43. The zero-order valence-corrected chi connectivity index (χ0v) is 10.1. The Labute approximate surface area is 92.0 Å². The van der Waals surface area contributed by atoms with E-state index in [9.17, 15) is 4.79 Å². The molecule has 0 aromatic rings. The third-order valence-corrected chi connectivity index (χ3v) is 2.87. The molecule has 0 amide bonds. The van der Waals surface area contributed by atoms with E-state index in [0.717, 1.165) is 19.5 Å². The first kappa shape index (κ1) is 12.5. The Hall–Kier alpha value is -0.610. The van der Waals surface area contributed by atoms with Gasteiger partial charge in [-0.2, -0.15) is 0 Å². The molecular weight excluding hydrogens is 192 g/mol. The first-order valence-electron chi connectivity index (χ1n) is 5.57. The molecule has 1 N–H and O–H groups in total. The summed E-state index contributed by atoms with van der Waals surface area (Å²) in [6.45, 7) is 6.08. The lowest BCUT2D eigenvalue weighted by atomic mass is 9.91. The minimum atomic E-state index is -0.0822. The van der Waals surface area contributed by atoms with E-state index in [0.29, 0.717) is 6.04 Å². The summed E-state index contributed by atoms with van der Waals surface area (Å²) >= 11 is 0. The van der Waals surface area contributed by atoms with Crippen LogP contribution >= 0.6 is 0 Å². The Balaban J connectivity index is 2.61. The number of carbonyl (C=O) groups is 1. The van der Waals surface area contributed by atoms with Gasteiger partial charge in [0.2, 0.25) is 0 Å². The third-order valence-electron chi connectivity index (χ3n) is 2.87. The molecule has 1 aliphatic heterocycles. The highest BCUT2D eigenvalue weighted by Gasteiger charge is 2.33. The Morgan fingerprint density at radius 3 is 2.73 bits per heavy atom. The predicted molar refractivity (Wildman–Crippen MR) is 59.7 cm³/mol. The molecule has 0 aromatic heterocycles. The molecular formula is C11H22N2O2. The molecule has 0 aliphatic carbocycles. The number of nitrogens with zero attached hydrogens (tertiary/aromatic N) is 1. The van der Waals surface area contributed by atoms with Crippen molar-refractivity contribution >= 4 is 5.97 Å². The van der Waals surface area contributed by atoms with Gasteiger partial charge < -0.3 is 15.0 Å². The number of rotatable bonds is 3. The smallest absolute Gasteiger partial charge is 0.310 e. The summed E-state index contributed by atoms with van der Waals surface area (Å²) in [4.78, 5) is 13.8. The maximum absolute atomic E-state index is 11.6. The van der Waals surface area contributed by atoms with Crippen LogP contribution in [0.3, 0.4) is 0 Å². The summed E-state index contributed by atoms with van der Waals surface area (Å²) < 4.78 is 4.84. The number of likely N-dealkylation sites (N-methyl/N-ethyl adjacent to an activating group) is 1. The number of likely N-dealkylation sites (tertiary alicyclic amines) is 1. The second kappa shape index (κ2) is 5.47. The van der Waals surface area contributed by atoms with Gasteiger partial charge in [0, 0.05) is 18.6 Å². The Bertz CT molecular complexity index is 217. The van der Waals surface area contributed by atoms with Gasteiger partial charge in [-0.25, -0.2) is 0 Å². The highest BCUT2D eigenvalue weighted by Crippen LogP contribution is 2.18. The maximum Gasteiger partial charge on any atom is 0.310 e. The second-order valence-electron chi connectivity index (χ2n) is 4.61. The molecule has 1 fully saturated rings. The molecule has 4 nitrogen and oxygen atoms in total. The number of ether oxygens (including phenoxy) is 1. The van der Waals surface area contributed by atoms with Crippen molar-refractivity contribution in [1.82, 2.24) is 10.2 Å². The van der Waals surface area contributed by atoms with Crippen LogP contribution in [0, 0.1) is 5.92 Å². The third kappa shape index (κ3) is 3.47. The summed E-state index contributed by atoms with van der Waals surface area (Å²) in [6, 6.07) is 0.616. The molecule has 0 saturated carbocycles. The van der Waals surface area contributed by atoms with Crippen LogP contribution in [0.4, 0.5) is 0 Å². The van der Waals surface area contributed by atoms with Gasteiger partial charge in [-0.1, -0.05) is 13.8 Å². The lowest BCUT2D eigenvalue weighted by Gasteiger charge is -2.36. The predicted octanol–water partition coefficient (Wildman–Crippen LogP) is 0.478. The van der Waals surface area contributed by atoms with Crippen molar-refractivity contribution in [3.05, 3.63) is 0 Å². The molecule has 88 valence electrons. The molecule has 0 spiro atoms. The van der Waals surface area contributed by atoms with E-state index in [1.807, 2.05) is 0 Å². The van der Waals surface area contributed by atoms with Crippen LogP contribution in [-0.4, -0.2) is 50.2 Å². The number of carbonyl (C=O) groups excluding carboxylic acids is 1. The Morgan fingerprint density at radius 2 is 2.20 bits per heavy atom. The Morgan fingerprint density at radius 1 is 1.53 bits per heavy atom. The van der Waals surface area contributed by atoms with Crippen LogP contribution in [0.5, 0.6) is 0 Å². The van der Waals surface area contributed by atoms with Crippen molar-refractivity contribution in [3.8, 4) is 0 Å². The molecule has 0 aromatic carbocycles. The minimum Gasteiger partial charge on any atom is -0.469 e. The van der Waals surface area contributed by atoms with E-state index in [1.54, 1.807) is 0 Å². The lowest BCUT2D eigenvalue weighted by molar-refractivity contribution is -0.148. The molecule has 1 rings (SSSR count). The zero-order valence-electron chi connectivity index (χ0n) is 10.1. The maximum atomic E-state index is 11.6. The SMILES string of the molecule is COC(=O)C1CCN(C)CC1NC(C)C. The number of hydrogen-bond donors (Lipinski definition) is 1. The molecule has 2 atom stereocenters. The molecule has 4 heteroatoms. The van der Waals surface area contributed by atoms with Gasteiger partial charge >= 0.3 is 5.97 Å². The largest absolute Gasteiger partial charge is 0.469 e. The minimum absolute atomic E-state index is 0.00796. The molecule has 0 bridgehead atoms. The average Bonchev–Trinajstić information content (AvgIpc) is 2.16. The molecule has 1 heterocycles. The summed E-state index contributed by atoms with van der Waals surface area (Å²) in [5.41, 5.74) is 0. The van der Waals surface area contributed by atoms with Gasteiger partial charge in [-0.05, 0) is 20.0 Å². The first-order chi connectivity index (χ1) is 7.04.